The van der Waals surface area contributed by atoms with Crippen LogP contribution < -0.4 is 10.6 Å². The van der Waals surface area contributed by atoms with Crippen LogP contribution in [0.1, 0.15) is 83.1 Å². The van der Waals surface area contributed by atoms with Crippen LogP contribution in [0.2, 0.25) is 0 Å². The molecule has 160 valence electrons. The Morgan fingerprint density at radius 3 is 1.26 bits per heavy atom. The second-order valence-electron chi connectivity index (χ2n) is 8.99. The van der Waals surface area contributed by atoms with Gasteiger partial charge in [0.05, 0.1) is 0 Å². The minimum atomic E-state index is -0.760. The molecule has 0 atom stereocenters. The third-order valence-electron chi connectivity index (χ3n) is 3.65. The number of carbonyl (C=O) groups excluding carboxylic acids is 3. The molecule has 1 saturated heterocycles. The maximum Gasteiger partial charge on any atom is 0.244 e. The molecule has 27 heavy (non-hydrogen) atoms. The maximum atomic E-state index is 11.2. The number of carbonyl (C=O) groups is 3. The smallest absolute Gasteiger partial charge is 0.244 e. The molecule has 1 rings (SSSR count). The number of hydrogen-bond acceptors (Lipinski definition) is 4. The van der Waals surface area contributed by atoms with E-state index in [-0.39, 0.29) is 35.7 Å². The average Bonchev–Trinajstić information content (AvgIpc) is 2.46. The van der Waals surface area contributed by atoms with Gasteiger partial charge in [-0.05, 0) is 41.5 Å². The van der Waals surface area contributed by atoms with Gasteiger partial charge in [-0.25, -0.2) is 0 Å². The SMILES string of the molecule is CC(C)N1C(=O)C(C)(C)C1=O.CC(C)NC(=O)C(C)C.CC(C)NC(C)C. The van der Waals surface area contributed by atoms with Crippen molar-refractivity contribution in [3.8, 4) is 0 Å². The van der Waals surface area contributed by atoms with Crippen LogP contribution >= 0.6 is 0 Å². The van der Waals surface area contributed by atoms with Crippen molar-refractivity contribution >= 4 is 17.7 Å². The van der Waals surface area contributed by atoms with Crippen LogP contribution in [0.5, 0.6) is 0 Å². The second-order valence-corrected chi connectivity index (χ2v) is 8.99. The Hall–Kier alpha value is -1.43. The molecule has 0 unspecified atom stereocenters. The lowest BCUT2D eigenvalue weighted by Crippen LogP contribution is -2.65. The Bertz CT molecular complexity index is 457. The summed E-state index contributed by atoms with van der Waals surface area (Å²) in [6.45, 7) is 23.3. The Balaban J connectivity index is 0. The predicted molar refractivity (Wildman–Crippen MR) is 112 cm³/mol. The van der Waals surface area contributed by atoms with Gasteiger partial charge < -0.3 is 10.6 Å². The Kier molecular flexibility index (Phi) is 12.5. The number of likely N-dealkylation sites (tertiary alicyclic amines) is 1. The average molecular weight is 386 g/mol. The minimum Gasteiger partial charge on any atom is -0.354 e. The first-order valence-corrected chi connectivity index (χ1v) is 10.00. The van der Waals surface area contributed by atoms with Crippen molar-refractivity contribution in [2.45, 2.75) is 107 Å². The monoisotopic (exact) mass is 385 g/mol. The molecule has 1 fully saturated rings. The van der Waals surface area contributed by atoms with Crippen LogP contribution in [0.3, 0.4) is 0 Å². The van der Waals surface area contributed by atoms with Crippen molar-refractivity contribution in [1.82, 2.24) is 15.5 Å². The van der Waals surface area contributed by atoms with Gasteiger partial charge in [0.2, 0.25) is 17.7 Å². The van der Waals surface area contributed by atoms with E-state index < -0.39 is 5.41 Å². The van der Waals surface area contributed by atoms with Gasteiger partial charge in [-0.1, -0.05) is 41.5 Å². The largest absolute Gasteiger partial charge is 0.354 e. The predicted octanol–water partition coefficient (Wildman–Crippen LogP) is 3.35. The molecule has 0 radical (unpaired) electrons. The van der Waals surface area contributed by atoms with E-state index in [1.165, 1.54) is 4.90 Å². The zero-order chi connectivity index (χ0) is 22.1. The number of hydrogen-bond donors (Lipinski definition) is 2. The van der Waals surface area contributed by atoms with E-state index in [0.29, 0.717) is 12.1 Å². The lowest BCUT2D eigenvalue weighted by molar-refractivity contribution is -0.176. The Morgan fingerprint density at radius 1 is 0.778 bits per heavy atom. The van der Waals surface area contributed by atoms with E-state index in [1.54, 1.807) is 13.8 Å². The summed E-state index contributed by atoms with van der Waals surface area (Å²) in [5, 5.41) is 6.11. The first-order chi connectivity index (χ1) is 12.0. The lowest BCUT2D eigenvalue weighted by Gasteiger charge is -2.44. The number of rotatable bonds is 5. The van der Waals surface area contributed by atoms with Crippen LogP contribution in [0, 0.1) is 11.3 Å². The van der Waals surface area contributed by atoms with Crippen LogP contribution in [0.4, 0.5) is 0 Å². The lowest BCUT2D eigenvalue weighted by atomic mass is 9.81. The van der Waals surface area contributed by atoms with Crippen molar-refractivity contribution in [3.63, 3.8) is 0 Å². The van der Waals surface area contributed by atoms with Crippen LogP contribution in [0.15, 0.2) is 0 Å². The van der Waals surface area contributed by atoms with Gasteiger partial charge in [-0.3, -0.25) is 19.3 Å². The third-order valence-corrected chi connectivity index (χ3v) is 3.65. The summed E-state index contributed by atoms with van der Waals surface area (Å²) in [7, 11) is 0. The van der Waals surface area contributed by atoms with Crippen molar-refractivity contribution < 1.29 is 14.4 Å². The quantitative estimate of drug-likeness (QED) is 0.562. The molecule has 0 aromatic carbocycles. The van der Waals surface area contributed by atoms with Crippen molar-refractivity contribution in [2.24, 2.45) is 11.3 Å². The normalized spacial score (nSPS) is 15.5. The van der Waals surface area contributed by atoms with Gasteiger partial charge >= 0.3 is 0 Å². The summed E-state index contributed by atoms with van der Waals surface area (Å²) >= 11 is 0. The fourth-order valence-corrected chi connectivity index (χ4v) is 2.32. The molecular formula is C21H43N3O3. The molecule has 0 aliphatic carbocycles. The highest BCUT2D eigenvalue weighted by Gasteiger charge is 2.54. The summed E-state index contributed by atoms with van der Waals surface area (Å²) in [6, 6.07) is 1.52. The van der Waals surface area contributed by atoms with Crippen molar-refractivity contribution in [3.05, 3.63) is 0 Å². The number of imide groups is 1. The van der Waals surface area contributed by atoms with E-state index in [4.69, 9.17) is 0 Å². The van der Waals surface area contributed by atoms with E-state index >= 15 is 0 Å². The number of nitrogens with one attached hydrogen (secondary N) is 2. The number of amides is 3. The van der Waals surface area contributed by atoms with Gasteiger partial charge in [0.25, 0.3) is 0 Å². The molecule has 1 aliphatic heterocycles. The van der Waals surface area contributed by atoms with Gasteiger partial charge in [0.15, 0.2) is 0 Å². The summed E-state index contributed by atoms with van der Waals surface area (Å²) in [5.41, 5.74) is -0.760. The van der Waals surface area contributed by atoms with Crippen LogP contribution in [-0.2, 0) is 14.4 Å². The first kappa shape index (κ1) is 27.8. The summed E-state index contributed by atoms with van der Waals surface area (Å²) in [6.07, 6.45) is 0. The zero-order valence-corrected chi connectivity index (χ0v) is 19.6. The molecule has 0 bridgehead atoms. The Morgan fingerprint density at radius 2 is 1.15 bits per heavy atom. The summed E-state index contributed by atoms with van der Waals surface area (Å²) in [5.74, 6) is 0.118. The third kappa shape index (κ3) is 10.5. The molecule has 6 nitrogen and oxygen atoms in total. The van der Waals surface area contributed by atoms with Gasteiger partial charge in [-0.15, -0.1) is 0 Å². The molecule has 3 amide bonds. The summed E-state index contributed by atoms with van der Waals surface area (Å²) in [4.78, 5) is 34.6. The van der Waals surface area contributed by atoms with E-state index in [1.807, 2.05) is 41.5 Å². The van der Waals surface area contributed by atoms with Gasteiger partial charge in [-0.2, -0.15) is 0 Å². The molecule has 0 saturated carbocycles. The topological polar surface area (TPSA) is 78.5 Å². The number of nitrogens with zero attached hydrogens (tertiary/aromatic N) is 1. The Labute approximate surface area is 166 Å². The first-order valence-electron chi connectivity index (χ1n) is 10.00. The highest BCUT2D eigenvalue weighted by atomic mass is 16.2. The van der Waals surface area contributed by atoms with Gasteiger partial charge in [0, 0.05) is 30.1 Å². The van der Waals surface area contributed by atoms with Crippen molar-refractivity contribution in [1.29, 1.82) is 0 Å². The zero-order valence-electron chi connectivity index (χ0n) is 19.6. The summed E-state index contributed by atoms with van der Waals surface area (Å²) < 4.78 is 0. The fourth-order valence-electron chi connectivity index (χ4n) is 2.32. The number of β-lactam (4-membered cyclic amide) rings is 2. The van der Waals surface area contributed by atoms with E-state index in [0.717, 1.165) is 0 Å². The highest BCUT2D eigenvalue weighted by Crippen LogP contribution is 2.33. The molecule has 0 aromatic heterocycles. The molecule has 0 spiro atoms. The second kappa shape index (κ2) is 12.1. The van der Waals surface area contributed by atoms with Crippen LogP contribution in [-0.4, -0.2) is 46.8 Å². The molecule has 6 heteroatoms. The molecule has 1 heterocycles. The van der Waals surface area contributed by atoms with Gasteiger partial charge in [0.1, 0.15) is 5.41 Å². The molecule has 2 N–H and O–H groups in total. The molecule has 1 aliphatic rings. The standard InChI is InChI=1S/C8H13NO2.C7H15NO.C6H15N/c1-5(2)9-6(10)8(3,4)7(9)11;1-5(2)7(9)8-6(3)4;1-5(2)7-6(3)4/h5H,1-4H3;5-6H,1-4H3,(H,8,9);5-7H,1-4H3. The molecule has 0 aromatic rings. The van der Waals surface area contributed by atoms with E-state index in [9.17, 15) is 14.4 Å². The minimum absolute atomic E-state index is 0.00280. The van der Waals surface area contributed by atoms with Crippen molar-refractivity contribution in [2.75, 3.05) is 0 Å². The maximum absolute atomic E-state index is 11.2. The highest BCUT2D eigenvalue weighted by molar-refractivity contribution is 6.21. The molecular weight excluding hydrogens is 342 g/mol. The van der Waals surface area contributed by atoms with E-state index in [2.05, 4.69) is 38.3 Å². The fraction of sp³-hybridized carbons (Fsp3) is 0.857. The van der Waals surface area contributed by atoms with Crippen LogP contribution in [0.25, 0.3) is 0 Å².